The first-order valence-corrected chi connectivity index (χ1v) is 8.16. The number of amides is 1. The summed E-state index contributed by atoms with van der Waals surface area (Å²) in [5.41, 5.74) is 3.19. The Bertz CT molecular complexity index is 1090. The Labute approximate surface area is 141 Å². The molecule has 0 aromatic carbocycles. The second-order valence-corrected chi connectivity index (χ2v) is 6.82. The maximum atomic E-state index is 12.4. The molecule has 0 unspecified atom stereocenters. The minimum absolute atomic E-state index is 0.0312. The number of fused-ring (bicyclic) bond motifs is 3. The van der Waals surface area contributed by atoms with Crippen LogP contribution in [0.4, 0.5) is 0 Å². The van der Waals surface area contributed by atoms with Crippen LogP contribution in [0.3, 0.4) is 0 Å². The first-order chi connectivity index (χ1) is 11.5. The fourth-order valence-corrected chi connectivity index (χ4v) is 3.75. The Morgan fingerprint density at radius 2 is 2.12 bits per heavy atom. The van der Waals surface area contributed by atoms with Crippen molar-refractivity contribution in [3.63, 3.8) is 0 Å². The fraction of sp³-hybridized carbons (Fsp3) is 0.267. The van der Waals surface area contributed by atoms with Gasteiger partial charge in [-0.05, 0) is 25.5 Å². The van der Waals surface area contributed by atoms with Crippen LogP contribution >= 0.6 is 11.3 Å². The quantitative estimate of drug-likeness (QED) is 0.602. The molecular formula is C15H15N7OS. The zero-order valence-corrected chi connectivity index (χ0v) is 14.5. The van der Waals surface area contributed by atoms with Gasteiger partial charge in [0.2, 0.25) is 5.82 Å². The topological polar surface area (TPSA) is 92.1 Å². The van der Waals surface area contributed by atoms with Crippen LogP contribution in [-0.4, -0.2) is 54.7 Å². The SMILES string of the molecule is Cc1cc(-c2nc3c4c(C)c(C(=O)N(C)C)sc4ncn3n2)n[nH]1. The van der Waals surface area contributed by atoms with Crippen LogP contribution in [0.2, 0.25) is 0 Å². The molecule has 0 spiro atoms. The van der Waals surface area contributed by atoms with Crippen LogP contribution in [0, 0.1) is 13.8 Å². The van der Waals surface area contributed by atoms with Crippen LogP contribution in [0.15, 0.2) is 12.4 Å². The lowest BCUT2D eigenvalue weighted by Gasteiger charge is -2.08. The molecule has 8 nitrogen and oxygen atoms in total. The lowest BCUT2D eigenvalue weighted by Crippen LogP contribution is -2.21. The molecule has 0 bridgehead atoms. The van der Waals surface area contributed by atoms with Crippen molar-refractivity contribution in [2.24, 2.45) is 0 Å². The van der Waals surface area contributed by atoms with E-state index in [1.54, 1.807) is 29.8 Å². The van der Waals surface area contributed by atoms with Crippen LogP contribution in [0.5, 0.6) is 0 Å². The summed E-state index contributed by atoms with van der Waals surface area (Å²) < 4.78 is 1.63. The summed E-state index contributed by atoms with van der Waals surface area (Å²) in [6, 6.07) is 1.89. The average molecular weight is 341 g/mol. The molecule has 0 saturated carbocycles. The summed E-state index contributed by atoms with van der Waals surface area (Å²) in [5.74, 6) is 0.496. The van der Waals surface area contributed by atoms with Gasteiger partial charge in [-0.15, -0.1) is 16.4 Å². The number of carbonyl (C=O) groups is 1. The number of thiophene rings is 1. The highest BCUT2D eigenvalue weighted by atomic mass is 32.1. The van der Waals surface area contributed by atoms with E-state index in [0.29, 0.717) is 22.0 Å². The Balaban J connectivity index is 1.97. The summed E-state index contributed by atoms with van der Waals surface area (Å²) in [4.78, 5) is 24.4. The van der Waals surface area contributed by atoms with Gasteiger partial charge in [-0.3, -0.25) is 9.89 Å². The molecule has 0 radical (unpaired) electrons. The minimum Gasteiger partial charge on any atom is -0.344 e. The Morgan fingerprint density at radius 1 is 1.33 bits per heavy atom. The molecule has 0 aliphatic rings. The van der Waals surface area contributed by atoms with Crippen molar-refractivity contribution in [3.8, 4) is 11.5 Å². The molecule has 0 atom stereocenters. The third-order valence-corrected chi connectivity index (χ3v) is 4.99. The number of H-pyrrole nitrogens is 1. The highest BCUT2D eigenvalue weighted by molar-refractivity contribution is 7.20. The van der Waals surface area contributed by atoms with E-state index in [2.05, 4.69) is 25.3 Å². The smallest absolute Gasteiger partial charge is 0.263 e. The molecule has 4 heterocycles. The van der Waals surface area contributed by atoms with Crippen molar-refractivity contribution in [2.45, 2.75) is 13.8 Å². The Morgan fingerprint density at radius 3 is 2.79 bits per heavy atom. The molecule has 4 rings (SSSR count). The van der Waals surface area contributed by atoms with E-state index in [9.17, 15) is 4.79 Å². The van der Waals surface area contributed by atoms with Gasteiger partial charge in [0, 0.05) is 19.8 Å². The monoisotopic (exact) mass is 341 g/mol. The van der Waals surface area contributed by atoms with Crippen molar-refractivity contribution >= 4 is 33.1 Å². The van der Waals surface area contributed by atoms with Gasteiger partial charge < -0.3 is 4.90 Å². The Kier molecular flexibility index (Phi) is 3.14. The largest absolute Gasteiger partial charge is 0.344 e. The maximum Gasteiger partial charge on any atom is 0.263 e. The number of aromatic amines is 1. The first kappa shape index (κ1) is 14.8. The highest BCUT2D eigenvalue weighted by Gasteiger charge is 2.21. The number of nitrogens with zero attached hydrogens (tertiary/aromatic N) is 6. The first-order valence-electron chi connectivity index (χ1n) is 7.34. The third kappa shape index (κ3) is 2.08. The van der Waals surface area contributed by atoms with E-state index in [-0.39, 0.29) is 5.91 Å². The van der Waals surface area contributed by atoms with E-state index in [0.717, 1.165) is 21.5 Å². The van der Waals surface area contributed by atoms with Gasteiger partial charge in [-0.1, -0.05) is 0 Å². The van der Waals surface area contributed by atoms with Crippen LogP contribution in [0.25, 0.3) is 27.4 Å². The average Bonchev–Trinajstić information content (AvgIpc) is 3.22. The number of nitrogens with one attached hydrogen (secondary N) is 1. The van der Waals surface area contributed by atoms with E-state index in [1.165, 1.54) is 11.3 Å². The Hall–Kier alpha value is -2.81. The molecule has 24 heavy (non-hydrogen) atoms. The van der Waals surface area contributed by atoms with Crippen molar-refractivity contribution < 1.29 is 4.79 Å². The number of carbonyl (C=O) groups excluding carboxylic acids is 1. The van der Waals surface area contributed by atoms with E-state index < -0.39 is 0 Å². The summed E-state index contributed by atoms with van der Waals surface area (Å²) in [6.07, 6.45) is 1.62. The minimum atomic E-state index is -0.0312. The van der Waals surface area contributed by atoms with E-state index in [4.69, 9.17) is 0 Å². The summed E-state index contributed by atoms with van der Waals surface area (Å²) in [6.45, 7) is 3.85. The van der Waals surface area contributed by atoms with E-state index >= 15 is 0 Å². The molecule has 0 fully saturated rings. The van der Waals surface area contributed by atoms with Crippen molar-refractivity contribution in [3.05, 3.63) is 28.5 Å². The zero-order valence-electron chi connectivity index (χ0n) is 13.7. The van der Waals surface area contributed by atoms with Gasteiger partial charge >= 0.3 is 0 Å². The number of hydrogen-bond donors (Lipinski definition) is 1. The molecule has 1 amide bonds. The van der Waals surface area contributed by atoms with Gasteiger partial charge in [0.15, 0.2) is 5.65 Å². The molecule has 4 aromatic heterocycles. The molecule has 0 saturated heterocycles. The highest BCUT2D eigenvalue weighted by Crippen LogP contribution is 2.32. The number of rotatable bonds is 2. The van der Waals surface area contributed by atoms with Gasteiger partial charge in [-0.2, -0.15) is 5.10 Å². The lowest BCUT2D eigenvalue weighted by molar-refractivity contribution is 0.0831. The number of hydrogen-bond acceptors (Lipinski definition) is 6. The molecule has 122 valence electrons. The van der Waals surface area contributed by atoms with E-state index in [1.807, 2.05) is 19.9 Å². The van der Waals surface area contributed by atoms with Crippen LogP contribution < -0.4 is 0 Å². The molecule has 0 aliphatic heterocycles. The normalized spacial score (nSPS) is 11.5. The third-order valence-electron chi connectivity index (χ3n) is 3.80. The molecule has 9 heteroatoms. The summed E-state index contributed by atoms with van der Waals surface area (Å²) in [7, 11) is 3.48. The van der Waals surface area contributed by atoms with Crippen LogP contribution in [0.1, 0.15) is 20.9 Å². The number of aryl methyl sites for hydroxylation is 2. The lowest BCUT2D eigenvalue weighted by atomic mass is 10.2. The predicted molar refractivity (Wildman–Crippen MR) is 91.2 cm³/mol. The van der Waals surface area contributed by atoms with Crippen LogP contribution in [-0.2, 0) is 0 Å². The molecule has 4 aromatic rings. The van der Waals surface area contributed by atoms with Gasteiger partial charge in [-0.25, -0.2) is 14.5 Å². The molecule has 1 N–H and O–H groups in total. The standard InChI is InChI=1S/C15H15N7OS/c1-7-5-9(19-18-7)12-17-13-10-8(2)11(15(23)21(3)4)24-14(10)16-6-22(13)20-12/h5-6H,1-4H3,(H,18,19). The van der Waals surface area contributed by atoms with Crippen molar-refractivity contribution in [1.29, 1.82) is 0 Å². The molecular weight excluding hydrogens is 326 g/mol. The summed E-state index contributed by atoms with van der Waals surface area (Å²) in [5, 5.41) is 12.4. The van der Waals surface area contributed by atoms with Gasteiger partial charge in [0.05, 0.1) is 10.3 Å². The number of aromatic nitrogens is 6. The summed E-state index contributed by atoms with van der Waals surface area (Å²) >= 11 is 1.38. The van der Waals surface area contributed by atoms with Crippen molar-refractivity contribution in [1.82, 2.24) is 34.7 Å². The maximum absolute atomic E-state index is 12.4. The van der Waals surface area contributed by atoms with Gasteiger partial charge in [0.25, 0.3) is 5.91 Å². The second kappa shape index (κ2) is 5.10. The zero-order chi connectivity index (χ0) is 17.0. The van der Waals surface area contributed by atoms with Gasteiger partial charge in [0.1, 0.15) is 16.9 Å². The second-order valence-electron chi connectivity index (χ2n) is 5.82. The predicted octanol–water partition coefficient (Wildman–Crippen LogP) is 2.05. The fourth-order valence-electron chi connectivity index (χ4n) is 2.58. The molecule has 0 aliphatic carbocycles. The van der Waals surface area contributed by atoms with Crippen molar-refractivity contribution in [2.75, 3.05) is 14.1 Å².